The lowest BCUT2D eigenvalue weighted by atomic mass is 9.98. The maximum absolute atomic E-state index is 11.9. The van der Waals surface area contributed by atoms with Crippen LogP contribution in [0.1, 0.15) is 51.3 Å². The first-order valence-electron chi connectivity index (χ1n) is 8.27. The number of nitrogens with one attached hydrogen (secondary N) is 2. The molecule has 1 amide bonds. The number of hydrogen-bond acceptors (Lipinski definition) is 4. The summed E-state index contributed by atoms with van der Waals surface area (Å²) in [5, 5.41) is 8.65. The highest BCUT2D eigenvalue weighted by Gasteiger charge is 2.26. The Kier molecular flexibility index (Phi) is 6.92. The number of halogens is 1. The van der Waals surface area contributed by atoms with Crippen molar-refractivity contribution in [3.05, 3.63) is 20.8 Å². The van der Waals surface area contributed by atoms with Crippen molar-refractivity contribution < 1.29 is 9.53 Å². The van der Waals surface area contributed by atoms with Crippen LogP contribution in [-0.2, 0) is 11.3 Å². The normalized spacial score (nSPS) is 17.2. The zero-order chi connectivity index (χ0) is 16.9. The molecule has 0 saturated heterocycles. The van der Waals surface area contributed by atoms with E-state index in [2.05, 4.69) is 38.0 Å². The van der Waals surface area contributed by atoms with Crippen LogP contribution in [0, 0.1) is 5.92 Å². The van der Waals surface area contributed by atoms with Crippen LogP contribution in [0.3, 0.4) is 0 Å². The fraction of sp³-hybridized carbons (Fsp3) is 0.706. The van der Waals surface area contributed by atoms with E-state index in [0.29, 0.717) is 18.5 Å². The minimum Gasteiger partial charge on any atom is -0.444 e. The minimum atomic E-state index is -0.456. The molecule has 1 aliphatic carbocycles. The monoisotopic (exact) mass is 402 g/mol. The Morgan fingerprint density at radius 3 is 2.70 bits per heavy atom. The van der Waals surface area contributed by atoms with Crippen LogP contribution in [0.2, 0.25) is 0 Å². The van der Waals surface area contributed by atoms with Gasteiger partial charge >= 0.3 is 6.09 Å². The Morgan fingerprint density at radius 1 is 1.43 bits per heavy atom. The first-order valence-corrected chi connectivity index (χ1v) is 9.94. The third-order valence-electron chi connectivity index (χ3n) is 4.05. The maximum Gasteiger partial charge on any atom is 0.407 e. The molecule has 0 spiro atoms. The third-order valence-corrected chi connectivity index (χ3v) is 5.98. The van der Waals surface area contributed by atoms with Crippen molar-refractivity contribution in [2.75, 3.05) is 6.54 Å². The largest absolute Gasteiger partial charge is 0.444 e. The summed E-state index contributed by atoms with van der Waals surface area (Å²) in [7, 11) is 0. The zero-order valence-electron chi connectivity index (χ0n) is 14.2. The summed E-state index contributed by atoms with van der Waals surface area (Å²) >= 11 is 5.32. The van der Waals surface area contributed by atoms with Crippen molar-refractivity contribution in [1.82, 2.24) is 10.6 Å². The molecule has 1 aromatic heterocycles. The smallest absolute Gasteiger partial charge is 0.407 e. The lowest BCUT2D eigenvalue weighted by molar-refractivity contribution is 0.0518. The molecule has 23 heavy (non-hydrogen) atoms. The van der Waals surface area contributed by atoms with E-state index in [1.165, 1.54) is 30.6 Å². The summed E-state index contributed by atoms with van der Waals surface area (Å²) in [5.41, 5.74) is -0.456. The summed E-state index contributed by atoms with van der Waals surface area (Å²) in [6, 6.07) is 2.37. The molecule has 1 saturated carbocycles. The molecule has 1 fully saturated rings. The van der Waals surface area contributed by atoms with Crippen LogP contribution in [0.15, 0.2) is 15.9 Å². The molecule has 4 nitrogen and oxygen atoms in total. The van der Waals surface area contributed by atoms with E-state index in [1.54, 1.807) is 11.3 Å². The number of amides is 1. The Labute approximate surface area is 151 Å². The molecule has 2 rings (SSSR count). The first kappa shape index (κ1) is 18.7. The Hall–Kier alpha value is -0.590. The van der Waals surface area contributed by atoms with Gasteiger partial charge in [-0.25, -0.2) is 4.79 Å². The molecule has 0 aliphatic heterocycles. The van der Waals surface area contributed by atoms with E-state index in [-0.39, 0.29) is 6.09 Å². The van der Waals surface area contributed by atoms with Crippen molar-refractivity contribution in [3.8, 4) is 0 Å². The number of carbonyl (C=O) groups is 1. The van der Waals surface area contributed by atoms with Gasteiger partial charge in [0.25, 0.3) is 0 Å². The number of carbonyl (C=O) groups excluding carboxylic acids is 1. The van der Waals surface area contributed by atoms with Crippen LogP contribution < -0.4 is 10.6 Å². The molecule has 1 heterocycles. The van der Waals surface area contributed by atoms with E-state index >= 15 is 0 Å². The highest BCUT2D eigenvalue weighted by molar-refractivity contribution is 9.10. The van der Waals surface area contributed by atoms with E-state index in [9.17, 15) is 4.79 Å². The Morgan fingerprint density at radius 2 is 2.13 bits per heavy atom. The Bertz CT molecular complexity index is 507. The van der Waals surface area contributed by atoms with Gasteiger partial charge in [-0.3, -0.25) is 0 Å². The third kappa shape index (κ3) is 6.43. The molecule has 130 valence electrons. The summed E-state index contributed by atoms with van der Waals surface area (Å²) in [5.74, 6) is 0.628. The quantitative estimate of drug-likeness (QED) is 0.725. The van der Waals surface area contributed by atoms with Gasteiger partial charge in [-0.2, -0.15) is 0 Å². The summed E-state index contributed by atoms with van der Waals surface area (Å²) in [6.45, 7) is 7.09. The highest BCUT2D eigenvalue weighted by Crippen LogP contribution is 2.28. The molecule has 0 bridgehead atoms. The maximum atomic E-state index is 11.9. The number of hydrogen-bond donors (Lipinski definition) is 2. The van der Waals surface area contributed by atoms with Gasteiger partial charge in [-0.1, -0.05) is 12.8 Å². The van der Waals surface area contributed by atoms with E-state index in [4.69, 9.17) is 4.74 Å². The van der Waals surface area contributed by atoms with Crippen molar-refractivity contribution in [2.24, 2.45) is 5.92 Å². The fourth-order valence-electron chi connectivity index (χ4n) is 2.95. The van der Waals surface area contributed by atoms with Gasteiger partial charge < -0.3 is 15.4 Å². The molecule has 1 unspecified atom stereocenters. The van der Waals surface area contributed by atoms with Crippen LogP contribution in [0.4, 0.5) is 4.79 Å². The summed E-state index contributed by atoms with van der Waals surface area (Å²) < 4.78 is 6.49. The van der Waals surface area contributed by atoms with Crippen molar-refractivity contribution in [2.45, 2.75) is 64.6 Å². The molecule has 0 radical (unpaired) electrons. The standard InChI is InChI=1S/C17H27BrN2O2S/c1-17(2,3)22-16(21)20-10-14(12-6-4-5-7-12)19-11-15-13(18)8-9-23-15/h8-9,12,14,19H,4-7,10-11H2,1-3H3,(H,20,21). The summed E-state index contributed by atoms with van der Waals surface area (Å²) in [4.78, 5) is 13.2. The molecule has 6 heteroatoms. The van der Waals surface area contributed by atoms with Gasteiger partial charge in [0, 0.05) is 28.5 Å². The Balaban J connectivity index is 1.87. The lowest BCUT2D eigenvalue weighted by Crippen LogP contribution is -2.45. The molecular weight excluding hydrogens is 376 g/mol. The summed E-state index contributed by atoms with van der Waals surface area (Å²) in [6.07, 6.45) is 4.72. The molecule has 1 aromatic rings. The van der Waals surface area contributed by atoms with Crippen LogP contribution in [0.5, 0.6) is 0 Å². The molecule has 1 atom stereocenters. The van der Waals surface area contributed by atoms with Gasteiger partial charge in [0.2, 0.25) is 0 Å². The lowest BCUT2D eigenvalue weighted by Gasteiger charge is -2.26. The number of thiophene rings is 1. The average Bonchev–Trinajstić information content (AvgIpc) is 3.09. The predicted molar refractivity (Wildman–Crippen MR) is 98.8 cm³/mol. The molecule has 1 aliphatic rings. The van der Waals surface area contributed by atoms with Gasteiger partial charge in [-0.05, 0) is 66.9 Å². The van der Waals surface area contributed by atoms with Gasteiger partial charge in [0.15, 0.2) is 0 Å². The average molecular weight is 403 g/mol. The second kappa shape index (κ2) is 8.49. The minimum absolute atomic E-state index is 0.291. The number of ether oxygens (including phenoxy) is 1. The second-order valence-electron chi connectivity index (χ2n) is 7.11. The molecule has 2 N–H and O–H groups in total. The highest BCUT2D eigenvalue weighted by atomic mass is 79.9. The van der Waals surface area contributed by atoms with Gasteiger partial charge in [0.1, 0.15) is 5.60 Å². The second-order valence-corrected chi connectivity index (χ2v) is 8.96. The molecule has 0 aromatic carbocycles. The predicted octanol–water partition coefficient (Wildman–Crippen LogP) is 4.68. The van der Waals surface area contributed by atoms with Gasteiger partial charge in [-0.15, -0.1) is 11.3 Å². The topological polar surface area (TPSA) is 50.4 Å². The van der Waals surface area contributed by atoms with Gasteiger partial charge in [0.05, 0.1) is 0 Å². The van der Waals surface area contributed by atoms with Crippen molar-refractivity contribution >= 4 is 33.4 Å². The van der Waals surface area contributed by atoms with E-state index in [0.717, 1.165) is 11.0 Å². The SMILES string of the molecule is CC(C)(C)OC(=O)NCC(NCc1sccc1Br)C1CCCC1. The molecular formula is C17H27BrN2O2S. The van der Waals surface area contributed by atoms with Crippen LogP contribution >= 0.6 is 27.3 Å². The first-order chi connectivity index (χ1) is 10.8. The zero-order valence-corrected chi connectivity index (χ0v) is 16.6. The van der Waals surface area contributed by atoms with Crippen molar-refractivity contribution in [3.63, 3.8) is 0 Å². The van der Waals surface area contributed by atoms with Crippen LogP contribution in [-0.4, -0.2) is 24.3 Å². The van der Waals surface area contributed by atoms with Crippen LogP contribution in [0.25, 0.3) is 0 Å². The number of alkyl carbamates (subject to hydrolysis) is 1. The fourth-order valence-corrected chi connectivity index (χ4v) is 4.39. The van der Waals surface area contributed by atoms with E-state index in [1.807, 2.05) is 20.8 Å². The van der Waals surface area contributed by atoms with Crippen molar-refractivity contribution in [1.29, 1.82) is 0 Å². The number of rotatable bonds is 6. The van der Waals surface area contributed by atoms with E-state index < -0.39 is 5.60 Å².